The first kappa shape index (κ1) is 13.5. The van der Waals surface area contributed by atoms with Gasteiger partial charge in [0, 0.05) is 25.1 Å². The second-order valence-corrected chi connectivity index (χ2v) is 5.95. The standard InChI is InChI=1S/C16H17NO5/c1-10(15(18)19)17-7-6-16(8-17)5-4-11-2-3-12-14(13(11)22-16)21-9-20-12/h2-5,10H,6-9H2,1H3,(H,18,19). The van der Waals surface area contributed by atoms with Crippen LogP contribution in [-0.2, 0) is 4.79 Å². The van der Waals surface area contributed by atoms with E-state index >= 15 is 0 Å². The lowest BCUT2D eigenvalue weighted by Crippen LogP contribution is -2.43. The topological polar surface area (TPSA) is 68.2 Å². The number of ether oxygens (including phenoxy) is 3. The van der Waals surface area contributed by atoms with Gasteiger partial charge in [-0.1, -0.05) is 6.08 Å². The van der Waals surface area contributed by atoms with E-state index in [9.17, 15) is 9.90 Å². The summed E-state index contributed by atoms with van der Waals surface area (Å²) in [6, 6.07) is 3.30. The number of nitrogens with zero attached hydrogens (tertiary/aromatic N) is 1. The van der Waals surface area contributed by atoms with Crippen molar-refractivity contribution in [3.8, 4) is 17.2 Å². The number of likely N-dealkylation sites (tertiary alicyclic amines) is 1. The van der Waals surface area contributed by atoms with Crippen LogP contribution in [-0.4, -0.2) is 47.5 Å². The third-order valence-corrected chi connectivity index (χ3v) is 4.59. The molecule has 1 saturated heterocycles. The zero-order valence-corrected chi connectivity index (χ0v) is 12.2. The lowest BCUT2D eigenvalue weighted by Gasteiger charge is -2.32. The average molecular weight is 303 g/mol. The van der Waals surface area contributed by atoms with Crippen molar-refractivity contribution in [3.05, 3.63) is 23.8 Å². The van der Waals surface area contributed by atoms with Gasteiger partial charge in [-0.05, 0) is 25.1 Å². The summed E-state index contributed by atoms with van der Waals surface area (Å²) < 4.78 is 17.2. The minimum Gasteiger partial charge on any atom is -0.480 e. The Balaban J connectivity index is 1.63. The molecule has 0 amide bonds. The van der Waals surface area contributed by atoms with Crippen molar-refractivity contribution < 1.29 is 24.1 Å². The zero-order valence-electron chi connectivity index (χ0n) is 12.2. The summed E-state index contributed by atoms with van der Waals surface area (Å²) in [6.07, 6.45) is 4.81. The molecule has 2 atom stereocenters. The van der Waals surface area contributed by atoms with Crippen molar-refractivity contribution in [1.29, 1.82) is 0 Å². The normalized spacial score (nSPS) is 26.8. The maximum Gasteiger partial charge on any atom is 0.320 e. The fourth-order valence-corrected chi connectivity index (χ4v) is 3.22. The Morgan fingerprint density at radius 2 is 2.23 bits per heavy atom. The summed E-state index contributed by atoms with van der Waals surface area (Å²) in [5, 5.41) is 9.18. The molecule has 2 unspecified atom stereocenters. The van der Waals surface area contributed by atoms with E-state index in [0.29, 0.717) is 30.3 Å². The average Bonchev–Trinajstić information content (AvgIpc) is 3.14. The number of carbonyl (C=O) groups is 1. The smallest absolute Gasteiger partial charge is 0.320 e. The van der Waals surface area contributed by atoms with E-state index in [2.05, 4.69) is 0 Å². The van der Waals surface area contributed by atoms with Gasteiger partial charge in [0.05, 0.1) is 0 Å². The van der Waals surface area contributed by atoms with Gasteiger partial charge < -0.3 is 19.3 Å². The van der Waals surface area contributed by atoms with Crippen molar-refractivity contribution in [2.24, 2.45) is 0 Å². The van der Waals surface area contributed by atoms with Crippen molar-refractivity contribution in [3.63, 3.8) is 0 Å². The van der Waals surface area contributed by atoms with Crippen molar-refractivity contribution in [2.75, 3.05) is 19.9 Å². The first-order valence-corrected chi connectivity index (χ1v) is 7.36. The van der Waals surface area contributed by atoms with Crippen LogP contribution in [0.4, 0.5) is 0 Å². The second kappa shape index (κ2) is 4.64. The maximum absolute atomic E-state index is 11.2. The van der Waals surface area contributed by atoms with Crippen LogP contribution in [0.2, 0.25) is 0 Å². The summed E-state index contributed by atoms with van der Waals surface area (Å²) in [7, 11) is 0. The molecular formula is C16H17NO5. The molecule has 3 heterocycles. The summed E-state index contributed by atoms with van der Waals surface area (Å²) >= 11 is 0. The first-order valence-electron chi connectivity index (χ1n) is 7.36. The molecule has 4 rings (SSSR count). The van der Waals surface area contributed by atoms with Crippen molar-refractivity contribution in [1.82, 2.24) is 4.90 Å². The maximum atomic E-state index is 11.2. The van der Waals surface area contributed by atoms with Gasteiger partial charge in [0.2, 0.25) is 12.5 Å². The van der Waals surface area contributed by atoms with Gasteiger partial charge in [-0.2, -0.15) is 0 Å². The Morgan fingerprint density at radius 1 is 1.36 bits per heavy atom. The molecule has 0 aliphatic carbocycles. The van der Waals surface area contributed by atoms with Crippen LogP contribution in [0.5, 0.6) is 17.2 Å². The number of benzene rings is 1. The Kier molecular flexibility index (Phi) is 2.84. The molecule has 0 saturated carbocycles. The van der Waals surface area contributed by atoms with Crippen LogP contribution in [0.3, 0.4) is 0 Å². The molecule has 1 N–H and O–H groups in total. The van der Waals surface area contributed by atoms with E-state index in [0.717, 1.165) is 12.0 Å². The van der Waals surface area contributed by atoms with E-state index in [4.69, 9.17) is 14.2 Å². The lowest BCUT2D eigenvalue weighted by atomic mass is 9.97. The SMILES string of the molecule is CC(C(=O)O)N1CCC2(C=Cc3ccc4c(c3O2)OCO4)C1. The summed E-state index contributed by atoms with van der Waals surface area (Å²) in [5.41, 5.74) is 0.470. The van der Waals surface area contributed by atoms with Crippen LogP contribution in [0.15, 0.2) is 18.2 Å². The van der Waals surface area contributed by atoms with Crippen molar-refractivity contribution >= 4 is 12.0 Å². The third-order valence-electron chi connectivity index (χ3n) is 4.59. The molecule has 22 heavy (non-hydrogen) atoms. The summed E-state index contributed by atoms with van der Waals surface area (Å²) in [4.78, 5) is 13.1. The fourth-order valence-electron chi connectivity index (χ4n) is 3.22. The summed E-state index contributed by atoms with van der Waals surface area (Å²) in [5.74, 6) is 1.22. The molecule has 0 aromatic heterocycles. The molecule has 6 heteroatoms. The number of aliphatic carboxylic acids is 1. The minimum atomic E-state index is -0.810. The predicted molar refractivity (Wildman–Crippen MR) is 78.2 cm³/mol. The molecule has 116 valence electrons. The number of carboxylic acid groups (broad SMARTS) is 1. The molecule has 1 aromatic carbocycles. The van der Waals surface area contributed by atoms with Crippen LogP contribution >= 0.6 is 0 Å². The molecule has 0 radical (unpaired) electrons. The van der Waals surface area contributed by atoms with Gasteiger partial charge >= 0.3 is 5.97 Å². The van der Waals surface area contributed by atoms with Crippen LogP contribution < -0.4 is 14.2 Å². The number of hydrogen-bond acceptors (Lipinski definition) is 5. The van der Waals surface area contributed by atoms with Crippen molar-refractivity contribution in [2.45, 2.75) is 25.0 Å². The third kappa shape index (κ3) is 1.94. The van der Waals surface area contributed by atoms with Gasteiger partial charge in [-0.3, -0.25) is 9.69 Å². The van der Waals surface area contributed by atoms with Crippen LogP contribution in [0.1, 0.15) is 18.9 Å². The molecular weight excluding hydrogens is 286 g/mol. The lowest BCUT2D eigenvalue weighted by molar-refractivity contribution is -0.142. The first-order chi connectivity index (χ1) is 10.6. The Morgan fingerprint density at radius 3 is 3.05 bits per heavy atom. The highest BCUT2D eigenvalue weighted by Crippen LogP contribution is 2.48. The van der Waals surface area contributed by atoms with Gasteiger partial charge in [-0.15, -0.1) is 0 Å². The highest BCUT2D eigenvalue weighted by Gasteiger charge is 2.44. The van der Waals surface area contributed by atoms with Crippen LogP contribution in [0.25, 0.3) is 6.08 Å². The predicted octanol–water partition coefficient (Wildman–Crippen LogP) is 1.74. The van der Waals surface area contributed by atoms with Crippen LogP contribution in [0, 0.1) is 0 Å². The van der Waals surface area contributed by atoms with Gasteiger partial charge in [-0.25, -0.2) is 0 Å². The number of carboxylic acids is 1. The highest BCUT2D eigenvalue weighted by molar-refractivity contribution is 5.73. The quantitative estimate of drug-likeness (QED) is 0.897. The molecule has 0 bridgehead atoms. The van der Waals surface area contributed by atoms with E-state index in [1.54, 1.807) is 6.92 Å². The molecule has 3 aliphatic rings. The van der Waals surface area contributed by atoms with Gasteiger partial charge in [0.1, 0.15) is 11.6 Å². The molecule has 1 spiro atoms. The monoisotopic (exact) mass is 303 g/mol. The van der Waals surface area contributed by atoms with E-state index in [1.807, 2.05) is 29.2 Å². The van der Waals surface area contributed by atoms with Gasteiger partial charge in [0.15, 0.2) is 11.5 Å². The molecule has 6 nitrogen and oxygen atoms in total. The number of fused-ring (bicyclic) bond motifs is 3. The van der Waals surface area contributed by atoms with E-state index in [-0.39, 0.29) is 6.79 Å². The molecule has 3 aliphatic heterocycles. The largest absolute Gasteiger partial charge is 0.480 e. The highest BCUT2D eigenvalue weighted by atomic mass is 16.7. The zero-order chi connectivity index (χ0) is 15.3. The number of rotatable bonds is 2. The molecule has 1 aromatic rings. The van der Waals surface area contributed by atoms with E-state index < -0.39 is 17.6 Å². The Bertz CT molecular complexity index is 671. The Labute approximate surface area is 127 Å². The second-order valence-electron chi connectivity index (χ2n) is 5.95. The fraction of sp³-hybridized carbons (Fsp3) is 0.438. The minimum absolute atomic E-state index is 0.202. The Hall–Kier alpha value is -2.21. The van der Waals surface area contributed by atoms with Gasteiger partial charge in [0.25, 0.3) is 0 Å². The van der Waals surface area contributed by atoms with E-state index in [1.165, 1.54) is 0 Å². The molecule has 1 fully saturated rings. The summed E-state index contributed by atoms with van der Waals surface area (Å²) in [6.45, 7) is 3.16. The number of hydrogen-bond donors (Lipinski definition) is 1.